The van der Waals surface area contributed by atoms with Crippen molar-refractivity contribution in [1.29, 1.82) is 0 Å². The third kappa shape index (κ3) is 8.73. The molecule has 1 aliphatic rings. The first-order chi connectivity index (χ1) is 18.8. The van der Waals surface area contributed by atoms with Gasteiger partial charge in [-0.2, -0.15) is 0 Å². The smallest absolute Gasteiger partial charge is 0.340 e. The number of ether oxygens (including phenoxy) is 5. The summed E-state index contributed by atoms with van der Waals surface area (Å²) in [6.45, 7) is 1.78. The fourth-order valence-corrected chi connectivity index (χ4v) is 4.48. The summed E-state index contributed by atoms with van der Waals surface area (Å²) >= 11 is 0. The van der Waals surface area contributed by atoms with E-state index in [9.17, 15) is 19.2 Å². The molecule has 2 aromatic rings. The van der Waals surface area contributed by atoms with Crippen LogP contribution in [0.15, 0.2) is 60.7 Å². The Kier molecular flexibility index (Phi) is 11.6. The zero-order chi connectivity index (χ0) is 28.2. The standard InChI is InChI=1S/C30H36O9/c1-20-13-7-4-12-18-23(38-29(33)27(35-2)21-14-8-5-9-15-21)26(32)24(19-25(31)37-20)39-30(34)28(36-3)22-16-10-6-11-17-22/h5-6,8-11,14-17,20,23-24,27-28H,4,7,12-13,18-19H2,1-3H3/t20-,23-,24-,27+,28+/m0/s1. The van der Waals surface area contributed by atoms with Gasteiger partial charge in [-0.25, -0.2) is 9.59 Å². The third-order valence-corrected chi connectivity index (χ3v) is 6.52. The van der Waals surface area contributed by atoms with Gasteiger partial charge in [0.05, 0.1) is 12.5 Å². The van der Waals surface area contributed by atoms with Crippen molar-refractivity contribution in [3.8, 4) is 0 Å². The lowest BCUT2D eigenvalue weighted by molar-refractivity contribution is -0.176. The fraction of sp³-hybridized carbons (Fsp3) is 0.467. The third-order valence-electron chi connectivity index (χ3n) is 6.52. The topological polar surface area (TPSA) is 114 Å². The van der Waals surface area contributed by atoms with Gasteiger partial charge < -0.3 is 23.7 Å². The molecule has 0 radical (unpaired) electrons. The molecular formula is C30H36O9. The maximum Gasteiger partial charge on any atom is 0.340 e. The van der Waals surface area contributed by atoms with Crippen molar-refractivity contribution < 1.29 is 42.9 Å². The van der Waals surface area contributed by atoms with Crippen molar-refractivity contribution in [2.45, 2.75) is 76.0 Å². The molecule has 39 heavy (non-hydrogen) atoms. The second kappa shape index (κ2) is 15.1. The summed E-state index contributed by atoms with van der Waals surface area (Å²) in [6.07, 6.45) is -2.87. The summed E-state index contributed by atoms with van der Waals surface area (Å²) in [7, 11) is 2.72. The summed E-state index contributed by atoms with van der Waals surface area (Å²) in [6, 6.07) is 17.4. The van der Waals surface area contributed by atoms with Crippen LogP contribution in [0.4, 0.5) is 0 Å². The van der Waals surface area contributed by atoms with E-state index < -0.39 is 54.5 Å². The highest BCUT2D eigenvalue weighted by Crippen LogP contribution is 2.25. The predicted octanol–water partition coefficient (Wildman–Crippen LogP) is 4.44. The number of carbonyl (C=O) groups is 4. The Hall–Kier alpha value is -3.56. The minimum atomic E-state index is -1.53. The van der Waals surface area contributed by atoms with Gasteiger partial charge in [0.15, 0.2) is 24.4 Å². The fourth-order valence-electron chi connectivity index (χ4n) is 4.48. The Bertz CT molecular complexity index is 1090. The van der Waals surface area contributed by atoms with Gasteiger partial charge in [0.1, 0.15) is 0 Å². The van der Waals surface area contributed by atoms with E-state index in [1.54, 1.807) is 67.6 Å². The van der Waals surface area contributed by atoms with Gasteiger partial charge >= 0.3 is 17.9 Å². The Balaban J connectivity index is 1.85. The van der Waals surface area contributed by atoms with Crippen molar-refractivity contribution in [2.24, 2.45) is 0 Å². The van der Waals surface area contributed by atoms with Crippen LogP contribution in [0.5, 0.6) is 0 Å². The van der Waals surface area contributed by atoms with Crippen molar-refractivity contribution >= 4 is 23.7 Å². The van der Waals surface area contributed by atoms with Crippen LogP contribution in [0.2, 0.25) is 0 Å². The van der Waals surface area contributed by atoms with Crippen molar-refractivity contribution in [1.82, 2.24) is 0 Å². The molecule has 9 nitrogen and oxygen atoms in total. The van der Waals surface area contributed by atoms with Gasteiger partial charge in [-0.05, 0) is 43.7 Å². The molecule has 0 aliphatic carbocycles. The van der Waals surface area contributed by atoms with Crippen LogP contribution in [0.1, 0.15) is 68.8 Å². The van der Waals surface area contributed by atoms with E-state index in [2.05, 4.69) is 0 Å². The van der Waals surface area contributed by atoms with Gasteiger partial charge in [-0.3, -0.25) is 9.59 Å². The van der Waals surface area contributed by atoms with Crippen molar-refractivity contribution in [3.05, 3.63) is 71.8 Å². The Morgan fingerprint density at radius 2 is 1.23 bits per heavy atom. The van der Waals surface area contributed by atoms with Crippen LogP contribution in [0.25, 0.3) is 0 Å². The first-order valence-corrected chi connectivity index (χ1v) is 13.1. The molecule has 0 spiro atoms. The number of carbonyl (C=O) groups excluding carboxylic acids is 4. The average molecular weight is 541 g/mol. The average Bonchev–Trinajstić information content (AvgIpc) is 2.93. The largest absolute Gasteiger partial charge is 0.463 e. The quantitative estimate of drug-likeness (QED) is 0.354. The number of cyclic esters (lactones) is 1. The Labute approximate surface area is 228 Å². The minimum Gasteiger partial charge on any atom is -0.463 e. The Morgan fingerprint density at radius 1 is 0.744 bits per heavy atom. The molecule has 0 aromatic heterocycles. The van der Waals surface area contributed by atoms with E-state index >= 15 is 0 Å². The molecule has 3 rings (SSSR count). The number of ketones is 1. The Morgan fingerprint density at radius 3 is 1.74 bits per heavy atom. The predicted molar refractivity (Wildman–Crippen MR) is 140 cm³/mol. The molecule has 0 amide bonds. The van der Waals surface area contributed by atoms with Crippen molar-refractivity contribution in [3.63, 3.8) is 0 Å². The van der Waals surface area contributed by atoms with E-state index in [0.29, 0.717) is 24.0 Å². The van der Waals surface area contributed by atoms with Crippen LogP contribution >= 0.6 is 0 Å². The van der Waals surface area contributed by atoms with Crippen molar-refractivity contribution in [2.75, 3.05) is 14.2 Å². The highest BCUT2D eigenvalue weighted by atomic mass is 16.6. The van der Waals surface area contributed by atoms with E-state index in [1.807, 2.05) is 0 Å². The number of esters is 3. The molecule has 0 unspecified atom stereocenters. The molecule has 0 saturated carbocycles. The lowest BCUT2D eigenvalue weighted by atomic mass is 9.99. The summed E-state index contributed by atoms with van der Waals surface area (Å²) in [5.41, 5.74) is 1.09. The summed E-state index contributed by atoms with van der Waals surface area (Å²) < 4.78 is 27.4. The minimum absolute atomic E-state index is 0.208. The highest BCUT2D eigenvalue weighted by molar-refractivity contribution is 5.94. The lowest BCUT2D eigenvalue weighted by Crippen LogP contribution is -2.42. The maximum atomic E-state index is 13.7. The van der Waals surface area contributed by atoms with E-state index in [1.165, 1.54) is 14.2 Å². The molecule has 5 atom stereocenters. The number of hydrogen-bond donors (Lipinski definition) is 0. The van der Waals surface area contributed by atoms with Gasteiger partial charge in [0.25, 0.3) is 0 Å². The second-order valence-corrected chi connectivity index (χ2v) is 9.45. The SMILES string of the molecule is CO[C@@H](C(=O)O[C@H]1CCCCC[C@H](C)OC(=O)C[C@H](OC(=O)[C@H](OC)c2ccccc2)C1=O)c1ccccc1. The van der Waals surface area contributed by atoms with Crippen LogP contribution in [-0.4, -0.2) is 56.2 Å². The normalized spacial score (nSPS) is 22.4. The molecule has 2 aromatic carbocycles. The van der Waals surface area contributed by atoms with Gasteiger partial charge in [0.2, 0.25) is 5.78 Å². The summed E-state index contributed by atoms with van der Waals surface area (Å²) in [5, 5.41) is 0. The summed E-state index contributed by atoms with van der Waals surface area (Å²) in [4.78, 5) is 52.7. The maximum absolute atomic E-state index is 13.7. The first kappa shape index (κ1) is 30.0. The van der Waals surface area contributed by atoms with E-state index in [0.717, 1.165) is 12.8 Å². The molecule has 1 heterocycles. The molecule has 1 aliphatic heterocycles. The molecule has 210 valence electrons. The molecule has 1 fully saturated rings. The zero-order valence-corrected chi connectivity index (χ0v) is 22.6. The monoisotopic (exact) mass is 540 g/mol. The lowest BCUT2D eigenvalue weighted by Gasteiger charge is -2.26. The molecule has 9 heteroatoms. The first-order valence-electron chi connectivity index (χ1n) is 13.1. The van der Waals surface area contributed by atoms with Crippen LogP contribution in [0.3, 0.4) is 0 Å². The molecular weight excluding hydrogens is 504 g/mol. The molecule has 0 N–H and O–H groups in total. The number of Topliss-reactive ketones (excluding diaryl/α,β-unsaturated/α-hetero) is 1. The number of hydrogen-bond acceptors (Lipinski definition) is 9. The summed E-state index contributed by atoms with van der Waals surface area (Å²) in [5.74, 6) is -2.99. The van der Waals surface area contributed by atoms with Gasteiger partial charge in [-0.15, -0.1) is 0 Å². The second-order valence-electron chi connectivity index (χ2n) is 9.45. The zero-order valence-electron chi connectivity index (χ0n) is 22.6. The van der Waals surface area contributed by atoms with Gasteiger partial charge in [-0.1, -0.05) is 67.1 Å². The number of methoxy groups -OCH3 is 2. The van der Waals surface area contributed by atoms with Gasteiger partial charge in [0, 0.05) is 14.2 Å². The van der Waals surface area contributed by atoms with Crippen LogP contribution in [-0.2, 0) is 42.9 Å². The van der Waals surface area contributed by atoms with Crippen LogP contribution < -0.4 is 0 Å². The molecule has 1 saturated heterocycles. The van der Waals surface area contributed by atoms with E-state index in [4.69, 9.17) is 23.7 Å². The van der Waals surface area contributed by atoms with E-state index in [-0.39, 0.29) is 12.5 Å². The van der Waals surface area contributed by atoms with Crippen LogP contribution in [0, 0.1) is 0 Å². The number of benzene rings is 2. The number of rotatable bonds is 8. The highest BCUT2D eigenvalue weighted by Gasteiger charge is 2.38. The molecule has 0 bridgehead atoms.